The standard InChI is InChI=1S/C20H15N3O5/c1-23-20-11(8-21-23)16(9-3-4-12(25)14(5-9)27-2)19-18(22-20)17-13(26)6-10(24)7-15(17)28-19/h3-8,21,25-26H,1-2H3. The van der Waals surface area contributed by atoms with Gasteiger partial charge < -0.3 is 24.5 Å². The van der Waals surface area contributed by atoms with Gasteiger partial charge in [0.25, 0.3) is 0 Å². The van der Waals surface area contributed by atoms with Crippen molar-refractivity contribution in [2.24, 2.45) is 7.05 Å². The number of furan rings is 1. The van der Waals surface area contributed by atoms with Crippen LogP contribution >= 0.6 is 0 Å². The van der Waals surface area contributed by atoms with E-state index in [0.29, 0.717) is 33.4 Å². The largest absolute Gasteiger partial charge is 0.507 e. The van der Waals surface area contributed by atoms with Crippen molar-refractivity contribution in [3.8, 4) is 28.4 Å². The monoisotopic (exact) mass is 377 g/mol. The van der Waals surface area contributed by atoms with Crippen LogP contribution in [0.2, 0.25) is 0 Å². The maximum atomic E-state index is 11.8. The SMILES string of the molecule is COc1cc(-c2c3c[nH]n(C)c3nc3c2oc2cc(=O)cc(O)c23)ccc1O. The molecule has 0 aliphatic rings. The first-order chi connectivity index (χ1) is 13.5. The number of rotatable bonds is 2. The molecule has 8 nitrogen and oxygen atoms in total. The van der Waals surface area contributed by atoms with Crippen molar-refractivity contribution in [2.45, 2.75) is 0 Å². The number of methoxy groups -OCH3 is 1. The number of fused-ring (bicyclic) bond motifs is 4. The summed E-state index contributed by atoms with van der Waals surface area (Å²) in [5.74, 6) is 0.155. The van der Waals surface area contributed by atoms with E-state index in [-0.39, 0.29) is 22.5 Å². The van der Waals surface area contributed by atoms with Crippen LogP contribution in [-0.2, 0) is 7.05 Å². The lowest BCUT2D eigenvalue weighted by molar-refractivity contribution is 0.373. The Balaban J connectivity index is 2.01. The van der Waals surface area contributed by atoms with Crippen molar-refractivity contribution >= 4 is 33.1 Å². The highest BCUT2D eigenvalue weighted by Gasteiger charge is 2.22. The maximum Gasteiger partial charge on any atom is 0.186 e. The zero-order valence-corrected chi connectivity index (χ0v) is 15.0. The summed E-state index contributed by atoms with van der Waals surface area (Å²) in [4.78, 5) is 16.5. The molecule has 5 aromatic rings. The van der Waals surface area contributed by atoms with Crippen LogP contribution in [0.15, 0.2) is 45.7 Å². The molecule has 0 radical (unpaired) electrons. The third kappa shape index (κ3) is 2.11. The summed E-state index contributed by atoms with van der Waals surface area (Å²) in [7, 11) is 3.29. The van der Waals surface area contributed by atoms with Crippen LogP contribution in [0.4, 0.5) is 0 Å². The van der Waals surface area contributed by atoms with Gasteiger partial charge >= 0.3 is 0 Å². The van der Waals surface area contributed by atoms with Crippen LogP contribution in [0.3, 0.4) is 0 Å². The van der Waals surface area contributed by atoms with Crippen LogP contribution in [-0.4, -0.2) is 32.1 Å². The molecule has 28 heavy (non-hydrogen) atoms. The van der Waals surface area contributed by atoms with Gasteiger partial charge in [-0.15, -0.1) is 0 Å². The number of benzene rings is 2. The molecule has 0 atom stereocenters. The van der Waals surface area contributed by atoms with Gasteiger partial charge in [-0.3, -0.25) is 9.48 Å². The molecular weight excluding hydrogens is 362 g/mol. The lowest BCUT2D eigenvalue weighted by Crippen LogP contribution is -1.95. The highest BCUT2D eigenvalue weighted by molar-refractivity contribution is 6.15. The van der Waals surface area contributed by atoms with Crippen molar-refractivity contribution < 1.29 is 19.4 Å². The second kappa shape index (κ2) is 5.53. The fraction of sp³-hybridized carbons (Fsp3) is 0.100. The molecule has 0 saturated heterocycles. The van der Waals surface area contributed by atoms with Crippen LogP contribution in [0.25, 0.3) is 44.2 Å². The third-order valence-electron chi connectivity index (χ3n) is 4.86. The van der Waals surface area contributed by atoms with Gasteiger partial charge in [-0.05, 0) is 17.7 Å². The van der Waals surface area contributed by atoms with Gasteiger partial charge in [0.2, 0.25) is 0 Å². The number of phenols is 2. The molecule has 0 unspecified atom stereocenters. The van der Waals surface area contributed by atoms with E-state index in [1.807, 2.05) is 7.05 Å². The predicted molar refractivity (Wildman–Crippen MR) is 104 cm³/mol. The van der Waals surface area contributed by atoms with E-state index < -0.39 is 0 Å². The Bertz CT molecular complexity index is 1460. The van der Waals surface area contributed by atoms with E-state index in [1.54, 1.807) is 23.0 Å². The maximum absolute atomic E-state index is 11.8. The van der Waals surface area contributed by atoms with Gasteiger partial charge in [-0.1, -0.05) is 6.07 Å². The Kier molecular flexibility index (Phi) is 3.21. The van der Waals surface area contributed by atoms with Crippen molar-refractivity contribution in [1.82, 2.24) is 14.8 Å². The summed E-state index contributed by atoms with van der Waals surface area (Å²) >= 11 is 0. The van der Waals surface area contributed by atoms with E-state index in [2.05, 4.69) is 10.1 Å². The Morgan fingerprint density at radius 2 is 2.00 bits per heavy atom. The molecule has 5 rings (SSSR count). The molecule has 3 heterocycles. The zero-order chi connectivity index (χ0) is 19.6. The lowest BCUT2D eigenvalue weighted by Gasteiger charge is -2.09. The third-order valence-corrected chi connectivity index (χ3v) is 4.86. The molecule has 0 saturated carbocycles. The molecular formula is C20H15N3O5. The highest BCUT2D eigenvalue weighted by atomic mass is 16.5. The van der Waals surface area contributed by atoms with Gasteiger partial charge in [-0.25, -0.2) is 4.98 Å². The first-order valence-corrected chi connectivity index (χ1v) is 8.48. The minimum Gasteiger partial charge on any atom is -0.507 e. The van der Waals surface area contributed by atoms with Crippen LogP contribution in [0.1, 0.15) is 0 Å². The van der Waals surface area contributed by atoms with Crippen molar-refractivity contribution in [2.75, 3.05) is 7.11 Å². The van der Waals surface area contributed by atoms with E-state index in [0.717, 1.165) is 17.0 Å². The number of pyridine rings is 1. The summed E-state index contributed by atoms with van der Waals surface area (Å²) in [6, 6.07) is 7.45. The summed E-state index contributed by atoms with van der Waals surface area (Å²) in [5.41, 5.74) is 2.86. The smallest absolute Gasteiger partial charge is 0.186 e. The fourth-order valence-electron chi connectivity index (χ4n) is 3.58. The van der Waals surface area contributed by atoms with Crippen molar-refractivity contribution in [3.63, 3.8) is 0 Å². The van der Waals surface area contributed by atoms with Gasteiger partial charge in [0.05, 0.1) is 12.5 Å². The molecule has 0 amide bonds. The summed E-state index contributed by atoms with van der Waals surface area (Å²) < 4.78 is 13.0. The van der Waals surface area contributed by atoms with E-state index in [4.69, 9.17) is 9.15 Å². The van der Waals surface area contributed by atoms with E-state index >= 15 is 0 Å². The minimum absolute atomic E-state index is 0.0191. The topological polar surface area (TPSA) is 114 Å². The molecule has 0 bridgehead atoms. The van der Waals surface area contributed by atoms with Crippen molar-refractivity contribution in [1.29, 1.82) is 0 Å². The molecule has 0 fully saturated rings. The van der Waals surface area contributed by atoms with Crippen LogP contribution in [0.5, 0.6) is 17.2 Å². The zero-order valence-electron chi connectivity index (χ0n) is 15.0. The molecule has 3 N–H and O–H groups in total. The Labute approximate surface area is 157 Å². The molecule has 140 valence electrons. The lowest BCUT2D eigenvalue weighted by atomic mass is 10.0. The molecule has 0 aliphatic heterocycles. The minimum atomic E-state index is -0.352. The number of ether oxygens (including phenoxy) is 1. The molecule has 3 aromatic heterocycles. The number of phenolic OH excluding ortho intramolecular Hbond substituents is 2. The summed E-state index contributed by atoms with van der Waals surface area (Å²) in [6.07, 6.45) is 1.79. The number of hydrogen-bond acceptors (Lipinski definition) is 6. The van der Waals surface area contributed by atoms with Gasteiger partial charge in [0.15, 0.2) is 28.2 Å². The second-order valence-corrected chi connectivity index (χ2v) is 6.54. The number of aromatic nitrogens is 3. The van der Waals surface area contributed by atoms with E-state index in [9.17, 15) is 15.0 Å². The van der Waals surface area contributed by atoms with Crippen molar-refractivity contribution in [3.05, 3.63) is 46.8 Å². The van der Waals surface area contributed by atoms with Crippen LogP contribution in [0, 0.1) is 0 Å². The summed E-state index contributed by atoms with van der Waals surface area (Å²) in [6.45, 7) is 0. The number of nitrogens with one attached hydrogen (secondary N) is 1. The Morgan fingerprint density at radius 3 is 2.79 bits per heavy atom. The number of nitrogens with zero attached hydrogens (tertiary/aromatic N) is 2. The Morgan fingerprint density at radius 1 is 1.18 bits per heavy atom. The molecule has 0 spiro atoms. The van der Waals surface area contributed by atoms with Crippen LogP contribution < -0.4 is 10.2 Å². The summed E-state index contributed by atoms with van der Waals surface area (Å²) in [5, 5.41) is 24.5. The highest BCUT2D eigenvalue weighted by Crippen LogP contribution is 2.42. The molecule has 0 aliphatic carbocycles. The number of H-pyrrole nitrogens is 1. The number of aryl methyl sites for hydroxylation is 1. The average Bonchev–Trinajstić information content (AvgIpc) is 3.21. The number of hydrogen-bond donors (Lipinski definition) is 3. The first-order valence-electron chi connectivity index (χ1n) is 8.48. The van der Waals surface area contributed by atoms with E-state index in [1.165, 1.54) is 19.2 Å². The second-order valence-electron chi connectivity index (χ2n) is 6.54. The first kappa shape index (κ1) is 16.2. The average molecular weight is 377 g/mol. The quantitative estimate of drug-likeness (QED) is 0.435. The van der Waals surface area contributed by atoms with Gasteiger partial charge in [0, 0.05) is 36.3 Å². The Hall–Kier alpha value is -3.94. The predicted octanol–water partition coefficient (Wildman–Crippen LogP) is 3.25. The fourth-order valence-corrected chi connectivity index (χ4v) is 3.58. The normalized spacial score (nSPS) is 11.6. The number of aromatic hydroxyl groups is 2. The molecule has 2 aromatic carbocycles. The number of aromatic amines is 1. The van der Waals surface area contributed by atoms with Gasteiger partial charge in [0.1, 0.15) is 16.8 Å². The van der Waals surface area contributed by atoms with Gasteiger partial charge in [-0.2, -0.15) is 0 Å². The molecule has 8 heteroatoms.